The summed E-state index contributed by atoms with van der Waals surface area (Å²) in [7, 11) is 1.70. The number of ether oxygens (including phenoxy) is 1. The van der Waals surface area contributed by atoms with Gasteiger partial charge in [-0.1, -0.05) is 12.1 Å². The number of nitrogens with zero attached hydrogens (tertiary/aromatic N) is 1. The number of methoxy groups -OCH3 is 1. The second-order valence-electron chi connectivity index (χ2n) is 4.70. The molecule has 0 bridgehead atoms. The van der Waals surface area contributed by atoms with E-state index in [9.17, 15) is 0 Å². The zero-order chi connectivity index (χ0) is 12.8. The van der Waals surface area contributed by atoms with Crippen molar-refractivity contribution in [2.75, 3.05) is 7.11 Å². The van der Waals surface area contributed by atoms with Gasteiger partial charge in [-0.15, -0.1) is 11.3 Å². The van der Waals surface area contributed by atoms with E-state index < -0.39 is 0 Å². The van der Waals surface area contributed by atoms with Gasteiger partial charge in [0.1, 0.15) is 5.75 Å². The van der Waals surface area contributed by atoms with Gasteiger partial charge in [0.2, 0.25) is 0 Å². The lowest BCUT2D eigenvalue weighted by Gasteiger charge is -2.06. The molecule has 3 aromatic rings. The van der Waals surface area contributed by atoms with Crippen molar-refractivity contribution < 1.29 is 4.74 Å². The van der Waals surface area contributed by atoms with E-state index >= 15 is 0 Å². The minimum atomic E-state index is 0.900. The zero-order valence-electron chi connectivity index (χ0n) is 10.6. The molecule has 0 spiro atoms. The third kappa shape index (κ3) is 1.55. The molecular weight excluding hydrogens is 254 g/mol. The van der Waals surface area contributed by atoms with Crippen LogP contribution in [0.4, 0.5) is 0 Å². The van der Waals surface area contributed by atoms with E-state index in [4.69, 9.17) is 4.74 Å². The average Bonchev–Trinajstić information content (AvgIpc) is 3.10. The van der Waals surface area contributed by atoms with Gasteiger partial charge in [-0.2, -0.15) is 0 Å². The molecular formula is C16H13NOS. The van der Waals surface area contributed by atoms with Crippen molar-refractivity contribution in [2.45, 2.75) is 6.42 Å². The van der Waals surface area contributed by atoms with E-state index in [-0.39, 0.29) is 0 Å². The topological polar surface area (TPSA) is 14.2 Å². The first-order valence-electron chi connectivity index (χ1n) is 6.28. The monoisotopic (exact) mass is 267 g/mol. The summed E-state index contributed by atoms with van der Waals surface area (Å²) in [5, 5.41) is 2.26. The molecule has 1 aromatic carbocycles. The van der Waals surface area contributed by atoms with Gasteiger partial charge in [-0.3, -0.25) is 0 Å². The van der Waals surface area contributed by atoms with Crippen molar-refractivity contribution in [3.8, 4) is 22.6 Å². The largest absolute Gasteiger partial charge is 0.497 e. The molecule has 2 nitrogen and oxygen atoms in total. The van der Waals surface area contributed by atoms with Gasteiger partial charge in [-0.05, 0) is 29.8 Å². The molecule has 0 unspecified atom stereocenters. The molecule has 4 rings (SSSR count). The van der Waals surface area contributed by atoms with E-state index in [0.717, 1.165) is 12.2 Å². The smallest absolute Gasteiger partial charge is 0.118 e. The van der Waals surface area contributed by atoms with Crippen LogP contribution in [0.1, 0.15) is 10.6 Å². The highest BCUT2D eigenvalue weighted by Crippen LogP contribution is 2.41. The lowest BCUT2D eigenvalue weighted by Crippen LogP contribution is -1.90. The summed E-state index contributed by atoms with van der Waals surface area (Å²) in [4.78, 5) is 1.46. The Labute approximate surface area is 115 Å². The molecule has 1 aliphatic rings. The van der Waals surface area contributed by atoms with Crippen LogP contribution in [0.2, 0.25) is 0 Å². The molecule has 0 amide bonds. The lowest BCUT2D eigenvalue weighted by molar-refractivity contribution is 0.415. The Kier molecular flexibility index (Phi) is 2.29. The van der Waals surface area contributed by atoms with Gasteiger partial charge in [-0.25, -0.2) is 0 Å². The van der Waals surface area contributed by atoms with Crippen LogP contribution in [0.3, 0.4) is 0 Å². The summed E-state index contributed by atoms with van der Waals surface area (Å²) >= 11 is 1.85. The molecule has 1 aliphatic heterocycles. The third-order valence-corrected chi connectivity index (χ3v) is 4.63. The third-order valence-electron chi connectivity index (χ3n) is 3.66. The Morgan fingerprint density at radius 2 is 2.00 bits per heavy atom. The maximum Gasteiger partial charge on any atom is 0.118 e. The standard InChI is InChI=1S/C16H13NOS/c1-18-13-6-4-11(5-7-13)14-10-19-15-9-12-3-2-8-17(12)16(14)15/h2-8,10H,9H2,1H3. The molecule has 0 atom stereocenters. The molecule has 0 saturated heterocycles. The van der Waals surface area contributed by atoms with Crippen LogP contribution >= 0.6 is 11.3 Å². The first kappa shape index (κ1) is 10.9. The Bertz CT molecular complexity index is 736. The Balaban J connectivity index is 1.86. The number of benzene rings is 1. The summed E-state index contributed by atoms with van der Waals surface area (Å²) in [6.07, 6.45) is 3.21. The Morgan fingerprint density at radius 1 is 1.16 bits per heavy atom. The van der Waals surface area contributed by atoms with Crippen molar-refractivity contribution in [3.63, 3.8) is 0 Å². The predicted molar refractivity (Wildman–Crippen MR) is 78.4 cm³/mol. The number of rotatable bonds is 2. The summed E-state index contributed by atoms with van der Waals surface area (Å²) in [5.41, 5.74) is 5.31. The fourth-order valence-electron chi connectivity index (χ4n) is 2.70. The van der Waals surface area contributed by atoms with Gasteiger partial charge in [0, 0.05) is 34.1 Å². The van der Waals surface area contributed by atoms with Crippen LogP contribution in [0.15, 0.2) is 48.0 Å². The second kappa shape index (κ2) is 4.00. The highest BCUT2D eigenvalue weighted by molar-refractivity contribution is 7.11. The molecule has 0 radical (unpaired) electrons. The number of fused-ring (bicyclic) bond motifs is 3. The normalized spacial score (nSPS) is 12.3. The predicted octanol–water partition coefficient (Wildman–Crippen LogP) is 4.12. The Morgan fingerprint density at radius 3 is 2.79 bits per heavy atom. The second-order valence-corrected chi connectivity index (χ2v) is 5.66. The first-order chi connectivity index (χ1) is 9.36. The van der Waals surface area contributed by atoms with Crippen LogP contribution < -0.4 is 4.74 Å². The molecule has 3 heteroatoms. The average molecular weight is 267 g/mol. The van der Waals surface area contributed by atoms with Crippen LogP contribution in [-0.4, -0.2) is 11.7 Å². The van der Waals surface area contributed by atoms with Crippen molar-refractivity contribution >= 4 is 11.3 Å². The number of hydrogen-bond donors (Lipinski definition) is 0. The highest BCUT2D eigenvalue weighted by atomic mass is 32.1. The van der Waals surface area contributed by atoms with Crippen molar-refractivity contribution in [3.05, 3.63) is 58.5 Å². The number of thiophene rings is 1. The van der Waals surface area contributed by atoms with E-state index in [2.05, 4.69) is 40.4 Å². The number of hydrogen-bond acceptors (Lipinski definition) is 2. The molecule has 0 fully saturated rings. The minimum Gasteiger partial charge on any atom is -0.497 e. The van der Waals surface area contributed by atoms with Gasteiger partial charge in [0.15, 0.2) is 0 Å². The van der Waals surface area contributed by atoms with Gasteiger partial charge >= 0.3 is 0 Å². The van der Waals surface area contributed by atoms with Crippen molar-refractivity contribution in [1.29, 1.82) is 0 Å². The zero-order valence-corrected chi connectivity index (χ0v) is 11.4. The van der Waals surface area contributed by atoms with Crippen LogP contribution in [0.5, 0.6) is 5.75 Å². The molecule has 3 heterocycles. The fourth-order valence-corrected chi connectivity index (χ4v) is 3.76. The van der Waals surface area contributed by atoms with Crippen LogP contribution in [0, 0.1) is 0 Å². The van der Waals surface area contributed by atoms with E-state index in [1.807, 2.05) is 23.5 Å². The molecule has 0 aliphatic carbocycles. The summed E-state index contributed by atoms with van der Waals surface area (Å²) < 4.78 is 7.53. The van der Waals surface area contributed by atoms with Crippen molar-refractivity contribution in [2.24, 2.45) is 0 Å². The van der Waals surface area contributed by atoms with Crippen LogP contribution in [0.25, 0.3) is 16.8 Å². The summed E-state index contributed by atoms with van der Waals surface area (Å²) in [6.45, 7) is 0. The summed E-state index contributed by atoms with van der Waals surface area (Å²) in [5.74, 6) is 0.900. The molecule has 19 heavy (non-hydrogen) atoms. The maximum absolute atomic E-state index is 5.22. The van der Waals surface area contributed by atoms with Gasteiger partial charge in [0.25, 0.3) is 0 Å². The SMILES string of the molecule is COc1ccc(-c2csc3c2-n2cccc2C3)cc1. The van der Waals surface area contributed by atoms with Crippen molar-refractivity contribution in [1.82, 2.24) is 4.57 Å². The molecule has 0 saturated carbocycles. The molecule has 94 valence electrons. The summed E-state index contributed by atoms with van der Waals surface area (Å²) in [6, 6.07) is 12.6. The molecule has 2 aromatic heterocycles. The van der Waals surface area contributed by atoms with E-state index in [1.54, 1.807) is 7.11 Å². The van der Waals surface area contributed by atoms with E-state index in [0.29, 0.717) is 0 Å². The minimum absolute atomic E-state index is 0.900. The maximum atomic E-state index is 5.22. The quantitative estimate of drug-likeness (QED) is 0.533. The lowest BCUT2D eigenvalue weighted by atomic mass is 10.1. The van der Waals surface area contributed by atoms with Gasteiger partial charge < -0.3 is 9.30 Å². The van der Waals surface area contributed by atoms with Gasteiger partial charge in [0.05, 0.1) is 12.8 Å². The Hall–Kier alpha value is -2.00. The van der Waals surface area contributed by atoms with E-state index in [1.165, 1.54) is 27.4 Å². The van der Waals surface area contributed by atoms with Crippen LogP contribution in [-0.2, 0) is 6.42 Å². The highest BCUT2D eigenvalue weighted by Gasteiger charge is 2.23. The molecule has 0 N–H and O–H groups in total. The number of aromatic nitrogens is 1. The first-order valence-corrected chi connectivity index (χ1v) is 7.16. The fraction of sp³-hybridized carbons (Fsp3) is 0.125.